The molecule has 2 unspecified atom stereocenters. The van der Waals surface area contributed by atoms with E-state index in [-0.39, 0.29) is 67.9 Å². The van der Waals surface area contributed by atoms with Crippen molar-refractivity contribution < 1.29 is 47.8 Å². The summed E-state index contributed by atoms with van der Waals surface area (Å²) < 4.78 is 13.1. The van der Waals surface area contributed by atoms with Crippen LogP contribution in [0.25, 0.3) is 0 Å². The number of benzene rings is 2. The number of rotatable bonds is 23. The number of ether oxygens (including phenoxy) is 2. The predicted octanol–water partition coefficient (Wildman–Crippen LogP) is 5.11. The van der Waals surface area contributed by atoms with E-state index in [1.807, 2.05) is 11.1 Å². The highest BCUT2D eigenvalue weighted by molar-refractivity contribution is 6.05. The van der Waals surface area contributed by atoms with E-state index in [1.165, 1.54) is 13.2 Å². The Morgan fingerprint density at radius 2 is 1.60 bits per heavy atom. The second-order valence-electron chi connectivity index (χ2n) is 16.6. The van der Waals surface area contributed by atoms with Gasteiger partial charge in [-0.15, -0.1) is 0 Å². The average molecular weight is 924 g/mol. The van der Waals surface area contributed by atoms with E-state index in [4.69, 9.17) is 9.47 Å². The molecule has 2 atom stereocenters. The number of anilines is 3. The highest BCUT2D eigenvalue weighted by Crippen LogP contribution is 2.38. The maximum absolute atomic E-state index is 13.3. The van der Waals surface area contributed by atoms with Crippen molar-refractivity contribution in [3.05, 3.63) is 72.1 Å². The predicted molar refractivity (Wildman–Crippen MR) is 252 cm³/mol. The van der Waals surface area contributed by atoms with Crippen LogP contribution in [0.3, 0.4) is 0 Å². The van der Waals surface area contributed by atoms with E-state index < -0.39 is 29.7 Å². The lowest BCUT2D eigenvalue weighted by Gasteiger charge is -2.32. The molecule has 1 saturated heterocycles. The van der Waals surface area contributed by atoms with Gasteiger partial charge >= 0.3 is 0 Å². The Balaban J connectivity index is 1.01. The fourth-order valence-corrected chi connectivity index (χ4v) is 7.57. The Labute approximate surface area is 390 Å². The number of allylic oxidation sites excluding steroid dienone is 1. The smallest absolute Gasteiger partial charge is 0.272 e. The van der Waals surface area contributed by atoms with Crippen LogP contribution in [0.5, 0.6) is 11.5 Å². The third-order valence-corrected chi connectivity index (χ3v) is 11.2. The molecule has 2 aliphatic heterocycles. The molecule has 0 spiro atoms. The summed E-state index contributed by atoms with van der Waals surface area (Å²) in [4.78, 5) is 108. The molecule has 0 aliphatic carbocycles. The zero-order valence-electron chi connectivity index (χ0n) is 38.7. The maximum atomic E-state index is 13.3. The zero-order valence-corrected chi connectivity index (χ0v) is 38.7. The Kier molecular flexibility index (Phi) is 18.8. The number of imide groups is 1. The van der Waals surface area contributed by atoms with Crippen LogP contribution in [0.1, 0.15) is 99.4 Å². The molecule has 0 radical (unpaired) electrons. The normalized spacial score (nSPS) is 14.6. The van der Waals surface area contributed by atoms with E-state index in [0.717, 1.165) is 24.2 Å². The minimum absolute atomic E-state index is 0.0289. The monoisotopic (exact) mass is 923 g/mol. The molecule has 67 heavy (non-hydrogen) atoms. The van der Waals surface area contributed by atoms with Crippen LogP contribution in [-0.2, 0) is 35.8 Å². The van der Waals surface area contributed by atoms with Gasteiger partial charge in [0.05, 0.1) is 43.2 Å². The number of nitrogens with zero attached hydrogens (tertiary/aromatic N) is 4. The molecule has 5 rings (SSSR count). The Bertz CT molecular complexity index is 2340. The minimum atomic E-state index is -0.869. The molecule has 3 aromatic rings. The number of hydrogen-bond acceptors (Lipinski definition) is 11. The highest BCUT2D eigenvalue weighted by atomic mass is 16.5. The summed E-state index contributed by atoms with van der Waals surface area (Å²) >= 11 is 0. The molecule has 8 amide bonds. The first-order valence-electron chi connectivity index (χ1n) is 22.5. The number of methoxy groups -OCH3 is 1. The van der Waals surface area contributed by atoms with Gasteiger partial charge in [0, 0.05) is 62.8 Å². The number of hydrogen-bond donors (Lipinski definition) is 5. The summed E-state index contributed by atoms with van der Waals surface area (Å²) in [5, 5.41) is 13.6. The van der Waals surface area contributed by atoms with Gasteiger partial charge in [-0.25, -0.2) is 0 Å². The number of amides is 8. The van der Waals surface area contributed by atoms with Crippen LogP contribution < -0.4 is 36.1 Å². The van der Waals surface area contributed by atoms with Crippen LogP contribution in [0.15, 0.2) is 65.8 Å². The lowest BCUT2D eigenvalue weighted by Crippen LogP contribution is -2.51. The third kappa shape index (κ3) is 14.6. The molecule has 3 heterocycles. The number of carbonyl (C=O) groups excluding carboxylic acids is 8. The Morgan fingerprint density at radius 3 is 2.30 bits per heavy atom. The summed E-state index contributed by atoms with van der Waals surface area (Å²) in [5.74, 6) is -1.96. The number of unbranched alkanes of at least 4 members (excludes halogenated alkanes) is 2. The molecule has 1 fully saturated rings. The van der Waals surface area contributed by atoms with Gasteiger partial charge in [-0.2, -0.15) is 0 Å². The number of piperidine rings is 1. The van der Waals surface area contributed by atoms with Gasteiger partial charge in [-0.05, 0) is 93.8 Å². The SMILES string of the molecule is C/C=C\C(=O)N(C=O)CCCCCC(=O)NC(C(=O)NCC(=O)Nc1ccc(NC(=O)c2cc(NC(=O)CCCOc3cc4c(cc3OC)C(=O)N3CCCCC3C=N4)cn2C)cc1)C(C)C. The van der Waals surface area contributed by atoms with Gasteiger partial charge in [0.25, 0.3) is 17.7 Å². The van der Waals surface area contributed by atoms with E-state index in [2.05, 4.69) is 31.6 Å². The van der Waals surface area contributed by atoms with E-state index in [9.17, 15) is 38.4 Å². The fraction of sp³-hybridized carbons (Fsp3) is 0.438. The van der Waals surface area contributed by atoms with Gasteiger partial charge in [-0.3, -0.25) is 48.2 Å². The first-order valence-corrected chi connectivity index (χ1v) is 22.5. The van der Waals surface area contributed by atoms with Gasteiger partial charge < -0.3 is 45.5 Å². The van der Waals surface area contributed by atoms with Crippen molar-refractivity contribution in [1.82, 2.24) is 25.0 Å². The molecule has 1 aromatic heterocycles. The van der Waals surface area contributed by atoms with Gasteiger partial charge in [0.1, 0.15) is 11.7 Å². The number of aromatic nitrogens is 1. The van der Waals surface area contributed by atoms with Crippen molar-refractivity contribution >= 4 is 76.7 Å². The van der Waals surface area contributed by atoms with E-state index in [0.29, 0.717) is 78.5 Å². The summed E-state index contributed by atoms with van der Waals surface area (Å²) in [6, 6.07) is 10.4. The third-order valence-electron chi connectivity index (χ3n) is 11.2. The van der Waals surface area contributed by atoms with Crippen molar-refractivity contribution in [1.29, 1.82) is 0 Å². The van der Waals surface area contributed by atoms with Crippen molar-refractivity contribution in [2.75, 3.05) is 49.3 Å². The molecule has 2 aliphatic rings. The Hall–Kier alpha value is -7.31. The van der Waals surface area contributed by atoms with Crippen LogP contribution in [0.2, 0.25) is 0 Å². The van der Waals surface area contributed by atoms with E-state index >= 15 is 0 Å². The first-order chi connectivity index (χ1) is 32.2. The number of fused-ring (bicyclic) bond motifs is 2. The molecule has 5 N–H and O–H groups in total. The molecular weight excluding hydrogens is 863 g/mol. The van der Waals surface area contributed by atoms with Crippen LogP contribution in [-0.4, -0.2) is 114 Å². The lowest BCUT2D eigenvalue weighted by atomic mass is 10.0. The molecule has 358 valence electrons. The van der Waals surface area contributed by atoms with Crippen LogP contribution in [0.4, 0.5) is 22.7 Å². The molecule has 2 aromatic carbocycles. The van der Waals surface area contributed by atoms with Crippen molar-refractivity contribution in [2.45, 2.75) is 90.6 Å². The largest absolute Gasteiger partial charge is 0.493 e. The second-order valence-corrected chi connectivity index (χ2v) is 16.6. The zero-order chi connectivity index (χ0) is 48.5. The van der Waals surface area contributed by atoms with Gasteiger partial charge in [-0.1, -0.05) is 26.3 Å². The molecule has 0 saturated carbocycles. The molecular formula is C48H61N9O10. The first kappa shape index (κ1) is 50.7. The summed E-state index contributed by atoms with van der Waals surface area (Å²) in [6.07, 6.45) is 12.0. The minimum Gasteiger partial charge on any atom is -0.493 e. The van der Waals surface area contributed by atoms with Gasteiger partial charge in [0.15, 0.2) is 11.5 Å². The quantitative estimate of drug-likeness (QED) is 0.0479. The van der Waals surface area contributed by atoms with Crippen molar-refractivity contribution in [3.8, 4) is 11.5 Å². The average Bonchev–Trinajstić information content (AvgIpc) is 3.62. The topological polar surface area (TPSA) is 239 Å². The number of carbonyl (C=O) groups is 8. The van der Waals surface area contributed by atoms with E-state index in [1.54, 1.807) is 87.1 Å². The standard InChI is InChI=1S/C48H61N9O10/c1-6-13-44(62)56(30-58)21-10-7-8-15-42(60)54-45(31(2)3)47(64)50-28-43(61)51-32-17-19-33(20-18-32)53-46(63)38-24-34(29-55(38)4)52-41(59)16-12-23-67-40-26-37-36(25-39(40)66-5)48(65)57-22-11-9-14-35(57)27-49-37/h6,13,17-20,24-27,29-31,35,45H,7-12,14-16,21-23,28H2,1-5H3,(H,50,64)(H,51,61)(H,52,59)(H,53,63)(H,54,60)/b13-6-. The highest BCUT2D eigenvalue weighted by Gasteiger charge is 2.31. The lowest BCUT2D eigenvalue weighted by molar-refractivity contribution is -0.134. The fourth-order valence-electron chi connectivity index (χ4n) is 7.57. The second kappa shape index (κ2) is 24.8. The summed E-state index contributed by atoms with van der Waals surface area (Å²) in [6.45, 7) is 6.02. The van der Waals surface area contributed by atoms with Crippen molar-refractivity contribution in [2.24, 2.45) is 18.0 Å². The van der Waals surface area contributed by atoms with Crippen LogP contribution in [0, 0.1) is 5.92 Å². The summed E-state index contributed by atoms with van der Waals surface area (Å²) in [5.41, 5.74) is 2.56. The number of aliphatic imine (C=N–C) groups is 1. The molecule has 19 heteroatoms. The van der Waals surface area contributed by atoms with Gasteiger partial charge in [0.2, 0.25) is 30.0 Å². The Morgan fingerprint density at radius 1 is 0.881 bits per heavy atom. The van der Waals surface area contributed by atoms with Crippen molar-refractivity contribution in [3.63, 3.8) is 0 Å². The molecule has 0 bridgehead atoms. The number of nitrogens with one attached hydrogen (secondary N) is 5. The number of aryl methyl sites for hydroxylation is 1. The molecule has 19 nitrogen and oxygen atoms in total. The maximum Gasteiger partial charge on any atom is 0.272 e. The summed E-state index contributed by atoms with van der Waals surface area (Å²) in [7, 11) is 3.18. The van der Waals surface area contributed by atoms with Crippen LogP contribution >= 0.6 is 0 Å².